The minimum absolute atomic E-state index is 0.121. The Bertz CT molecular complexity index is 484. The van der Waals surface area contributed by atoms with Crippen LogP contribution in [0.1, 0.15) is 65.2 Å². The van der Waals surface area contributed by atoms with E-state index in [0.29, 0.717) is 11.5 Å². The van der Waals surface area contributed by atoms with Crippen molar-refractivity contribution < 1.29 is 4.79 Å². The number of amides is 1. The number of hydrogen-bond acceptors (Lipinski definition) is 1. The van der Waals surface area contributed by atoms with Crippen LogP contribution < -0.4 is 5.32 Å². The molecular weight excluding hydrogens is 258 g/mol. The average molecular weight is 287 g/mol. The van der Waals surface area contributed by atoms with Crippen LogP contribution in [0.3, 0.4) is 0 Å². The van der Waals surface area contributed by atoms with Gasteiger partial charge in [0.15, 0.2) is 0 Å². The summed E-state index contributed by atoms with van der Waals surface area (Å²) in [7, 11) is 0. The molecule has 4 aliphatic rings. The molecule has 6 atom stereocenters. The summed E-state index contributed by atoms with van der Waals surface area (Å²) < 4.78 is 0. The van der Waals surface area contributed by atoms with Gasteiger partial charge >= 0.3 is 0 Å². The van der Waals surface area contributed by atoms with Crippen molar-refractivity contribution in [2.45, 2.75) is 71.3 Å². The molecule has 0 aromatic heterocycles. The molecule has 1 N–H and O–H groups in total. The molecule has 116 valence electrons. The first-order valence-corrected chi connectivity index (χ1v) is 9.09. The molecule has 2 heteroatoms. The molecule has 1 unspecified atom stereocenters. The minimum atomic E-state index is 0.121. The first kappa shape index (κ1) is 13.8. The summed E-state index contributed by atoms with van der Waals surface area (Å²) in [5.74, 6) is 2.78. The van der Waals surface area contributed by atoms with Gasteiger partial charge in [-0.2, -0.15) is 0 Å². The fourth-order valence-corrected chi connectivity index (χ4v) is 6.74. The topological polar surface area (TPSA) is 29.1 Å². The number of nitrogens with one attached hydrogen (secondary N) is 1. The van der Waals surface area contributed by atoms with E-state index in [1.165, 1.54) is 51.4 Å². The summed E-state index contributed by atoms with van der Waals surface area (Å²) in [4.78, 5) is 11.7. The van der Waals surface area contributed by atoms with Crippen LogP contribution in [0.5, 0.6) is 0 Å². The van der Waals surface area contributed by atoms with Crippen LogP contribution in [-0.2, 0) is 4.79 Å². The molecule has 3 saturated carbocycles. The summed E-state index contributed by atoms with van der Waals surface area (Å²) in [6.45, 7) is 4.84. The van der Waals surface area contributed by atoms with Gasteiger partial charge in [0.1, 0.15) is 0 Å². The van der Waals surface area contributed by atoms with Crippen LogP contribution in [0.25, 0.3) is 0 Å². The van der Waals surface area contributed by atoms with E-state index in [9.17, 15) is 4.79 Å². The van der Waals surface area contributed by atoms with Gasteiger partial charge in [-0.15, -0.1) is 0 Å². The Labute approximate surface area is 128 Å². The molecule has 4 rings (SSSR count). The Morgan fingerprint density at radius 2 is 2.05 bits per heavy atom. The zero-order valence-corrected chi connectivity index (χ0v) is 13.5. The highest BCUT2D eigenvalue weighted by molar-refractivity contribution is 5.89. The van der Waals surface area contributed by atoms with Crippen molar-refractivity contribution in [2.24, 2.45) is 28.6 Å². The van der Waals surface area contributed by atoms with E-state index in [4.69, 9.17) is 0 Å². The maximum Gasteiger partial charge on any atom is 0.243 e. The first-order valence-electron chi connectivity index (χ1n) is 9.09. The monoisotopic (exact) mass is 287 g/mol. The number of carbonyl (C=O) groups is 1. The largest absolute Gasteiger partial charge is 0.349 e. The Morgan fingerprint density at radius 1 is 1.19 bits per heavy atom. The second-order valence-electron chi connectivity index (χ2n) is 8.36. The molecule has 1 aliphatic heterocycles. The van der Waals surface area contributed by atoms with Crippen LogP contribution in [0.15, 0.2) is 12.2 Å². The molecule has 0 bridgehead atoms. The highest BCUT2D eigenvalue weighted by Gasteiger charge is 2.57. The number of fused-ring (bicyclic) bond motifs is 5. The second kappa shape index (κ2) is 4.60. The third-order valence-corrected chi connectivity index (χ3v) is 7.92. The van der Waals surface area contributed by atoms with Crippen molar-refractivity contribution in [1.82, 2.24) is 5.32 Å². The molecule has 0 aromatic rings. The molecule has 1 heterocycles. The first-order chi connectivity index (χ1) is 10.1. The lowest BCUT2D eigenvalue weighted by Crippen LogP contribution is -2.59. The van der Waals surface area contributed by atoms with Crippen LogP contribution in [0, 0.1) is 28.6 Å². The summed E-state index contributed by atoms with van der Waals surface area (Å²) in [5.41, 5.74) is 0.880. The molecule has 1 amide bonds. The summed E-state index contributed by atoms with van der Waals surface area (Å²) in [6.07, 6.45) is 15.2. The van der Waals surface area contributed by atoms with Gasteiger partial charge in [-0.05, 0) is 67.8 Å². The van der Waals surface area contributed by atoms with Gasteiger partial charge in [-0.1, -0.05) is 32.8 Å². The number of hydrogen-bond donors (Lipinski definition) is 1. The van der Waals surface area contributed by atoms with Gasteiger partial charge in [0.25, 0.3) is 0 Å². The molecule has 2 nitrogen and oxygen atoms in total. The zero-order chi connectivity index (χ0) is 14.7. The van der Waals surface area contributed by atoms with Gasteiger partial charge < -0.3 is 5.32 Å². The minimum Gasteiger partial charge on any atom is -0.349 e. The molecule has 0 aromatic carbocycles. The Morgan fingerprint density at radius 3 is 2.86 bits per heavy atom. The third kappa shape index (κ3) is 1.80. The summed E-state index contributed by atoms with van der Waals surface area (Å²) in [6, 6.07) is 0.381. The van der Waals surface area contributed by atoms with E-state index in [0.717, 1.165) is 17.8 Å². The van der Waals surface area contributed by atoms with E-state index in [1.54, 1.807) is 6.08 Å². The molecule has 0 spiro atoms. The SMILES string of the molecule is CC[C@@]12CCC[C@H]1[C@@H]1CCC3NC(=O)C=C[C@]3(C)[C@H]1CC2. The average Bonchev–Trinajstić information content (AvgIpc) is 2.92. The fraction of sp³-hybridized carbons (Fsp3) is 0.842. The molecule has 3 aliphatic carbocycles. The van der Waals surface area contributed by atoms with Crippen LogP contribution >= 0.6 is 0 Å². The van der Waals surface area contributed by atoms with Crippen molar-refractivity contribution in [3.05, 3.63) is 12.2 Å². The Kier molecular flexibility index (Phi) is 3.03. The lowest BCUT2D eigenvalue weighted by molar-refractivity contribution is -0.122. The lowest BCUT2D eigenvalue weighted by atomic mass is 9.48. The number of carbonyl (C=O) groups excluding carboxylic acids is 1. The molecular formula is C19H29NO. The molecule has 21 heavy (non-hydrogen) atoms. The predicted octanol–water partition coefficient (Wildman–Crippen LogP) is 4.06. The van der Waals surface area contributed by atoms with E-state index < -0.39 is 0 Å². The van der Waals surface area contributed by atoms with Gasteiger partial charge in [0, 0.05) is 11.5 Å². The molecule has 3 fully saturated rings. The lowest BCUT2D eigenvalue weighted by Gasteiger charge is -2.58. The van der Waals surface area contributed by atoms with Crippen molar-refractivity contribution >= 4 is 5.91 Å². The normalized spacial score (nSPS) is 51.8. The smallest absolute Gasteiger partial charge is 0.243 e. The van der Waals surface area contributed by atoms with E-state index >= 15 is 0 Å². The summed E-state index contributed by atoms with van der Waals surface area (Å²) in [5, 5.41) is 3.25. The third-order valence-electron chi connectivity index (χ3n) is 7.92. The van der Waals surface area contributed by atoms with Crippen molar-refractivity contribution in [1.29, 1.82) is 0 Å². The number of rotatable bonds is 1. The van der Waals surface area contributed by atoms with E-state index in [2.05, 4.69) is 25.2 Å². The van der Waals surface area contributed by atoms with Gasteiger partial charge in [-0.25, -0.2) is 0 Å². The van der Waals surface area contributed by atoms with E-state index in [-0.39, 0.29) is 11.3 Å². The zero-order valence-electron chi connectivity index (χ0n) is 13.5. The maximum atomic E-state index is 11.7. The van der Waals surface area contributed by atoms with Gasteiger partial charge in [0.05, 0.1) is 0 Å². The van der Waals surface area contributed by atoms with Crippen molar-refractivity contribution in [2.75, 3.05) is 0 Å². The molecule has 0 radical (unpaired) electrons. The quantitative estimate of drug-likeness (QED) is 0.774. The van der Waals surface area contributed by atoms with Gasteiger partial charge in [-0.3, -0.25) is 4.79 Å². The highest BCUT2D eigenvalue weighted by atomic mass is 16.1. The molecule has 0 saturated heterocycles. The van der Waals surface area contributed by atoms with E-state index in [1.807, 2.05) is 0 Å². The van der Waals surface area contributed by atoms with Crippen molar-refractivity contribution in [3.8, 4) is 0 Å². The maximum absolute atomic E-state index is 11.7. The standard InChI is InChI=1S/C19H29NO/c1-3-19-10-4-5-15(19)13-6-7-16-18(2,14(13)8-12-19)11-9-17(21)20-16/h9,11,13-16H,3-8,10,12H2,1-2H3,(H,20,21)/t13-,14+,15+,16?,18-,19+/m1/s1. The highest BCUT2D eigenvalue weighted by Crippen LogP contribution is 2.64. The summed E-state index contributed by atoms with van der Waals surface area (Å²) >= 11 is 0. The predicted molar refractivity (Wildman–Crippen MR) is 84.7 cm³/mol. The Hall–Kier alpha value is -0.790. The van der Waals surface area contributed by atoms with Gasteiger partial charge in [0.2, 0.25) is 5.91 Å². The van der Waals surface area contributed by atoms with Crippen LogP contribution in [0.4, 0.5) is 0 Å². The van der Waals surface area contributed by atoms with Crippen LogP contribution in [-0.4, -0.2) is 11.9 Å². The second-order valence-corrected chi connectivity index (χ2v) is 8.36. The van der Waals surface area contributed by atoms with Crippen LogP contribution in [0.2, 0.25) is 0 Å². The fourth-order valence-electron chi connectivity index (χ4n) is 6.74. The Balaban J connectivity index is 1.68. The van der Waals surface area contributed by atoms with Crippen molar-refractivity contribution in [3.63, 3.8) is 0 Å².